The molecule has 3 nitrogen and oxygen atoms in total. The molecule has 0 amide bonds. The summed E-state index contributed by atoms with van der Waals surface area (Å²) < 4.78 is 20.8. The van der Waals surface area contributed by atoms with Gasteiger partial charge < -0.3 is 5.11 Å². The van der Waals surface area contributed by atoms with Crippen molar-refractivity contribution < 1.29 is 13.5 Å². The summed E-state index contributed by atoms with van der Waals surface area (Å²) in [6.45, 7) is 0. The molecule has 0 spiro atoms. The Morgan fingerprint density at radius 3 is 2.21 bits per heavy atom. The molecule has 2 atom stereocenters. The molecule has 0 aromatic heterocycles. The van der Waals surface area contributed by atoms with E-state index < -0.39 is 20.7 Å². The van der Waals surface area contributed by atoms with Gasteiger partial charge in [-0.15, -0.1) is 11.6 Å². The molecule has 1 aromatic carbocycles. The van der Waals surface area contributed by atoms with E-state index in [0.29, 0.717) is 5.56 Å². The van der Waals surface area contributed by atoms with Gasteiger partial charge >= 0.3 is 0 Å². The largest absolute Gasteiger partial charge is 0.386 e. The second-order valence-corrected chi connectivity index (χ2v) is 5.93. The Labute approximate surface area is 88.2 Å². The molecule has 0 aliphatic carbocycles. The van der Waals surface area contributed by atoms with Crippen molar-refractivity contribution in [2.75, 3.05) is 6.26 Å². The standard InChI is InChI=1S/C9H11ClO3S/c1-14(12,13)9(10)8(11)7-5-3-2-4-6-7/h2-6,8-9,11H,1H3/t8-,9+/m0/s1. The SMILES string of the molecule is CS(=O)(=O)[C@@H](Cl)[C@@H](O)c1ccccc1. The molecule has 0 aliphatic rings. The third-order valence-corrected chi connectivity index (χ3v) is 4.08. The van der Waals surface area contributed by atoms with Crippen LogP contribution in [0.5, 0.6) is 0 Å². The van der Waals surface area contributed by atoms with Crippen molar-refractivity contribution in [2.24, 2.45) is 0 Å². The van der Waals surface area contributed by atoms with Crippen molar-refractivity contribution in [1.82, 2.24) is 0 Å². The van der Waals surface area contributed by atoms with Gasteiger partial charge in [0.1, 0.15) is 6.10 Å². The highest BCUT2D eigenvalue weighted by atomic mass is 35.5. The minimum absolute atomic E-state index is 0.498. The van der Waals surface area contributed by atoms with Crippen LogP contribution in [0.3, 0.4) is 0 Å². The van der Waals surface area contributed by atoms with E-state index in [4.69, 9.17) is 11.6 Å². The fraction of sp³-hybridized carbons (Fsp3) is 0.333. The zero-order valence-electron chi connectivity index (χ0n) is 7.59. The maximum Gasteiger partial charge on any atom is 0.167 e. The van der Waals surface area contributed by atoms with Crippen molar-refractivity contribution in [1.29, 1.82) is 0 Å². The number of aliphatic hydroxyl groups excluding tert-OH is 1. The van der Waals surface area contributed by atoms with Crippen LogP contribution in [0.2, 0.25) is 0 Å². The lowest BCUT2D eigenvalue weighted by molar-refractivity contribution is 0.192. The Kier molecular flexibility index (Phi) is 3.53. The highest BCUT2D eigenvalue weighted by Gasteiger charge is 2.27. The summed E-state index contributed by atoms with van der Waals surface area (Å²) in [5.74, 6) is 0. The smallest absolute Gasteiger partial charge is 0.167 e. The van der Waals surface area contributed by atoms with Gasteiger partial charge in [-0.1, -0.05) is 30.3 Å². The third-order valence-electron chi connectivity index (χ3n) is 1.80. The van der Waals surface area contributed by atoms with Crippen LogP contribution in [0.1, 0.15) is 11.7 Å². The van der Waals surface area contributed by atoms with Crippen molar-refractivity contribution in [3.05, 3.63) is 35.9 Å². The first-order valence-corrected chi connectivity index (χ1v) is 6.38. The molecule has 0 bridgehead atoms. The minimum Gasteiger partial charge on any atom is -0.386 e. The Bertz CT molecular complexity index is 388. The van der Waals surface area contributed by atoms with Crippen molar-refractivity contribution in [3.63, 3.8) is 0 Å². The molecule has 0 heterocycles. The quantitative estimate of drug-likeness (QED) is 0.803. The second-order valence-electron chi connectivity index (χ2n) is 3.04. The van der Waals surface area contributed by atoms with Crippen LogP contribution in [0, 0.1) is 0 Å². The predicted octanol–water partition coefficient (Wildman–Crippen LogP) is 1.33. The first kappa shape index (κ1) is 11.5. The van der Waals surface area contributed by atoms with Gasteiger partial charge in [-0.25, -0.2) is 8.42 Å². The molecule has 0 aliphatic heterocycles. The normalized spacial score (nSPS) is 16.2. The summed E-state index contributed by atoms with van der Waals surface area (Å²) in [4.78, 5) is 0. The molecular formula is C9H11ClO3S. The molecule has 0 radical (unpaired) electrons. The van der Waals surface area contributed by atoms with Gasteiger partial charge in [-0.05, 0) is 5.56 Å². The predicted molar refractivity (Wildman–Crippen MR) is 55.9 cm³/mol. The molecule has 5 heteroatoms. The van der Waals surface area contributed by atoms with E-state index in [1.54, 1.807) is 30.3 Å². The van der Waals surface area contributed by atoms with E-state index in [9.17, 15) is 13.5 Å². The average Bonchev–Trinajstić information content (AvgIpc) is 2.15. The maximum atomic E-state index is 11.1. The van der Waals surface area contributed by atoms with Gasteiger partial charge in [0.2, 0.25) is 0 Å². The van der Waals surface area contributed by atoms with Gasteiger partial charge in [0.15, 0.2) is 14.5 Å². The Morgan fingerprint density at radius 2 is 1.79 bits per heavy atom. The lowest BCUT2D eigenvalue weighted by Gasteiger charge is -2.15. The van der Waals surface area contributed by atoms with E-state index in [0.717, 1.165) is 6.26 Å². The van der Waals surface area contributed by atoms with Gasteiger partial charge in [0.05, 0.1) is 0 Å². The van der Waals surface area contributed by atoms with Crippen LogP contribution >= 0.6 is 11.6 Å². The molecular weight excluding hydrogens is 224 g/mol. The van der Waals surface area contributed by atoms with Crippen LogP contribution < -0.4 is 0 Å². The number of benzene rings is 1. The van der Waals surface area contributed by atoms with Crippen LogP contribution in [0.4, 0.5) is 0 Å². The van der Waals surface area contributed by atoms with Crippen molar-refractivity contribution in [3.8, 4) is 0 Å². The van der Waals surface area contributed by atoms with E-state index in [-0.39, 0.29) is 0 Å². The number of aliphatic hydroxyl groups is 1. The summed E-state index contributed by atoms with van der Waals surface area (Å²) in [6.07, 6.45) is -0.190. The zero-order chi connectivity index (χ0) is 10.8. The van der Waals surface area contributed by atoms with Crippen LogP contribution in [-0.2, 0) is 9.84 Å². The average molecular weight is 235 g/mol. The van der Waals surface area contributed by atoms with Gasteiger partial charge in [-0.3, -0.25) is 0 Å². The molecule has 0 unspecified atom stereocenters. The van der Waals surface area contributed by atoms with E-state index >= 15 is 0 Å². The summed E-state index contributed by atoms with van der Waals surface area (Å²) in [6, 6.07) is 8.46. The number of hydrogen-bond acceptors (Lipinski definition) is 3. The summed E-state index contributed by atoms with van der Waals surface area (Å²) in [5, 5.41) is 9.61. The van der Waals surface area contributed by atoms with Gasteiger partial charge in [-0.2, -0.15) is 0 Å². The van der Waals surface area contributed by atoms with E-state index in [1.165, 1.54) is 0 Å². The molecule has 1 aromatic rings. The monoisotopic (exact) mass is 234 g/mol. The van der Waals surface area contributed by atoms with Crippen LogP contribution in [0.25, 0.3) is 0 Å². The topological polar surface area (TPSA) is 54.4 Å². The minimum atomic E-state index is -3.43. The van der Waals surface area contributed by atoms with Crippen molar-refractivity contribution >= 4 is 21.4 Å². The molecule has 1 N–H and O–H groups in total. The van der Waals surface area contributed by atoms with Crippen LogP contribution in [-0.4, -0.2) is 24.5 Å². The third kappa shape index (κ3) is 2.70. The molecule has 0 saturated carbocycles. The molecule has 0 fully saturated rings. The lowest BCUT2D eigenvalue weighted by Crippen LogP contribution is -2.21. The highest BCUT2D eigenvalue weighted by molar-refractivity contribution is 7.92. The second kappa shape index (κ2) is 4.29. The van der Waals surface area contributed by atoms with E-state index in [1.807, 2.05) is 0 Å². The Morgan fingerprint density at radius 1 is 1.29 bits per heavy atom. The first-order valence-electron chi connectivity index (χ1n) is 3.99. The highest BCUT2D eigenvalue weighted by Crippen LogP contribution is 2.24. The first-order chi connectivity index (χ1) is 6.43. The lowest BCUT2D eigenvalue weighted by atomic mass is 10.1. The summed E-state index contributed by atoms with van der Waals surface area (Å²) in [5.41, 5.74) is 0.498. The maximum absolute atomic E-state index is 11.1. The zero-order valence-corrected chi connectivity index (χ0v) is 9.16. The molecule has 78 valence electrons. The number of hydrogen-bond donors (Lipinski definition) is 1. The fourth-order valence-electron chi connectivity index (χ4n) is 1.04. The van der Waals surface area contributed by atoms with Crippen molar-refractivity contribution in [2.45, 2.75) is 10.8 Å². The molecule has 1 rings (SSSR count). The molecule has 14 heavy (non-hydrogen) atoms. The number of sulfone groups is 1. The number of alkyl halides is 1. The fourth-order valence-corrected chi connectivity index (χ4v) is 1.81. The number of halogens is 1. The van der Waals surface area contributed by atoms with Crippen LogP contribution in [0.15, 0.2) is 30.3 Å². The summed E-state index contributed by atoms with van der Waals surface area (Å²) >= 11 is 5.60. The summed E-state index contributed by atoms with van der Waals surface area (Å²) in [7, 11) is -3.43. The Balaban J connectivity index is 2.92. The molecule has 0 saturated heterocycles. The Hall–Kier alpha value is -0.580. The van der Waals surface area contributed by atoms with E-state index in [2.05, 4.69) is 0 Å². The number of rotatable bonds is 3. The van der Waals surface area contributed by atoms with Gasteiger partial charge in [0, 0.05) is 6.26 Å². The van der Waals surface area contributed by atoms with Gasteiger partial charge in [0.25, 0.3) is 0 Å².